The number of hydrogen-bond donors (Lipinski definition) is 0. The zero-order valence-corrected chi connectivity index (χ0v) is 18.9. The van der Waals surface area contributed by atoms with Gasteiger partial charge in [0.1, 0.15) is 5.69 Å². The van der Waals surface area contributed by atoms with Gasteiger partial charge in [-0.25, -0.2) is 14.5 Å². The molecule has 4 aromatic heterocycles. The average Bonchev–Trinajstić information content (AvgIpc) is 3.54. The molecule has 2 atom stereocenters. The monoisotopic (exact) mass is 444 g/mol. The molecule has 2 saturated heterocycles. The van der Waals surface area contributed by atoms with Crippen LogP contribution in [0.4, 0.5) is 11.6 Å². The normalized spacial score (nSPS) is 20.3. The third-order valence-corrected chi connectivity index (χ3v) is 7.51. The van der Waals surface area contributed by atoms with Crippen molar-refractivity contribution >= 4 is 34.8 Å². The van der Waals surface area contributed by atoms with E-state index in [0.717, 1.165) is 71.6 Å². The first kappa shape index (κ1) is 19.4. The van der Waals surface area contributed by atoms with Gasteiger partial charge in [0.05, 0.1) is 16.0 Å². The second-order valence-electron chi connectivity index (χ2n) is 8.85. The van der Waals surface area contributed by atoms with Gasteiger partial charge in [0, 0.05) is 61.3 Å². The lowest BCUT2D eigenvalue weighted by Crippen LogP contribution is -2.30. The Balaban J connectivity index is 1.24. The number of hydrogen-bond acceptors (Lipinski definition) is 7. The van der Waals surface area contributed by atoms with E-state index in [1.165, 1.54) is 0 Å². The molecule has 7 nitrogen and oxygen atoms in total. The van der Waals surface area contributed by atoms with E-state index in [9.17, 15) is 4.79 Å². The number of rotatable bonds is 4. The van der Waals surface area contributed by atoms with E-state index in [0.29, 0.717) is 17.4 Å². The molecule has 0 N–H and O–H groups in total. The summed E-state index contributed by atoms with van der Waals surface area (Å²) in [4.78, 5) is 27.0. The van der Waals surface area contributed by atoms with Gasteiger partial charge < -0.3 is 9.80 Å². The lowest BCUT2D eigenvalue weighted by molar-refractivity contribution is 0.112. The van der Waals surface area contributed by atoms with E-state index in [1.54, 1.807) is 11.3 Å². The zero-order valence-electron chi connectivity index (χ0n) is 18.1. The molecule has 6 heterocycles. The maximum absolute atomic E-state index is 11.9. The van der Waals surface area contributed by atoms with E-state index in [1.807, 2.05) is 48.1 Å². The molecule has 0 saturated carbocycles. The Kier molecular flexibility index (Phi) is 4.50. The van der Waals surface area contributed by atoms with Crippen LogP contribution in [-0.4, -0.2) is 52.0 Å². The fraction of sp³-hybridized carbons (Fsp3) is 0.333. The molecule has 0 unspecified atom stereocenters. The molecule has 8 heteroatoms. The zero-order chi connectivity index (χ0) is 21.8. The maximum Gasteiger partial charge on any atom is 0.225 e. The van der Waals surface area contributed by atoms with Crippen molar-refractivity contribution < 1.29 is 4.79 Å². The molecular weight excluding hydrogens is 420 g/mol. The quantitative estimate of drug-likeness (QED) is 0.446. The number of carbonyl (C=O) groups is 1. The summed E-state index contributed by atoms with van der Waals surface area (Å²) in [6.07, 6.45) is 2.90. The van der Waals surface area contributed by atoms with Crippen LogP contribution in [0, 0.1) is 25.7 Å². The minimum atomic E-state index is 0.591. The van der Waals surface area contributed by atoms with Gasteiger partial charge >= 0.3 is 0 Å². The number of aldehydes is 1. The highest BCUT2D eigenvalue weighted by Gasteiger charge is 2.41. The van der Waals surface area contributed by atoms with E-state index in [4.69, 9.17) is 0 Å². The topological polar surface area (TPSA) is 66.6 Å². The summed E-state index contributed by atoms with van der Waals surface area (Å²) >= 11 is 1.60. The molecule has 4 aromatic rings. The highest BCUT2D eigenvalue weighted by Crippen LogP contribution is 2.36. The summed E-state index contributed by atoms with van der Waals surface area (Å²) in [7, 11) is 0. The van der Waals surface area contributed by atoms with Gasteiger partial charge in [0.15, 0.2) is 6.29 Å². The van der Waals surface area contributed by atoms with Gasteiger partial charge in [0.2, 0.25) is 5.95 Å². The molecule has 2 fully saturated rings. The minimum Gasteiger partial charge on any atom is -0.371 e. The molecule has 32 heavy (non-hydrogen) atoms. The molecule has 6 rings (SSSR count). The highest BCUT2D eigenvalue weighted by molar-refractivity contribution is 7.13. The van der Waals surface area contributed by atoms with Crippen molar-refractivity contribution in [2.75, 3.05) is 36.0 Å². The third kappa shape index (κ3) is 3.17. The van der Waals surface area contributed by atoms with E-state index in [2.05, 4.69) is 37.0 Å². The average molecular weight is 445 g/mol. The molecule has 0 bridgehead atoms. The van der Waals surface area contributed by atoms with Crippen molar-refractivity contribution in [1.82, 2.24) is 19.6 Å². The summed E-state index contributed by atoms with van der Waals surface area (Å²) in [6, 6.07) is 10.2. The molecule has 2 aliphatic rings. The third-order valence-electron chi connectivity index (χ3n) is 6.63. The lowest BCUT2D eigenvalue weighted by Gasteiger charge is -2.23. The molecule has 162 valence electrons. The Morgan fingerprint density at radius 1 is 1.00 bits per heavy atom. The fourth-order valence-electron chi connectivity index (χ4n) is 5.18. The molecule has 0 aromatic carbocycles. The van der Waals surface area contributed by atoms with Crippen molar-refractivity contribution in [3.63, 3.8) is 0 Å². The van der Waals surface area contributed by atoms with Gasteiger partial charge in [-0.3, -0.25) is 4.79 Å². The second kappa shape index (κ2) is 7.41. The number of pyridine rings is 1. The summed E-state index contributed by atoms with van der Waals surface area (Å²) in [5, 5.41) is 6.67. The van der Waals surface area contributed by atoms with E-state index < -0.39 is 0 Å². The Bertz CT molecular complexity index is 1280. The van der Waals surface area contributed by atoms with Crippen molar-refractivity contribution in [2.45, 2.75) is 13.8 Å². The van der Waals surface area contributed by atoms with Crippen molar-refractivity contribution in [1.29, 1.82) is 0 Å². The number of nitrogens with zero attached hydrogens (tertiary/aromatic N) is 6. The molecule has 2 aliphatic heterocycles. The number of fused-ring (bicyclic) bond motifs is 2. The van der Waals surface area contributed by atoms with Crippen LogP contribution in [0.1, 0.15) is 21.7 Å². The van der Waals surface area contributed by atoms with Crippen LogP contribution in [0.5, 0.6) is 0 Å². The largest absolute Gasteiger partial charge is 0.371 e. The number of aromatic nitrogens is 4. The van der Waals surface area contributed by atoms with Gasteiger partial charge in [0.25, 0.3) is 0 Å². The summed E-state index contributed by atoms with van der Waals surface area (Å²) in [6.45, 7) is 8.04. The molecular formula is C24H24N6OS. The van der Waals surface area contributed by atoms with Crippen LogP contribution in [-0.2, 0) is 0 Å². The Labute approximate surface area is 190 Å². The van der Waals surface area contributed by atoms with Gasteiger partial charge in [-0.05, 0) is 43.5 Å². The van der Waals surface area contributed by atoms with Crippen LogP contribution in [0.25, 0.3) is 16.1 Å². The van der Waals surface area contributed by atoms with Gasteiger partial charge in [-0.15, -0.1) is 11.3 Å². The fourth-order valence-corrected chi connectivity index (χ4v) is 5.90. The Morgan fingerprint density at radius 3 is 2.38 bits per heavy atom. The van der Waals surface area contributed by atoms with Crippen LogP contribution in [0.2, 0.25) is 0 Å². The number of anilines is 2. The predicted molar refractivity (Wildman–Crippen MR) is 127 cm³/mol. The van der Waals surface area contributed by atoms with Crippen molar-refractivity contribution in [2.24, 2.45) is 11.8 Å². The maximum atomic E-state index is 11.9. The van der Waals surface area contributed by atoms with Crippen LogP contribution in [0.15, 0.2) is 41.9 Å². The smallest absolute Gasteiger partial charge is 0.225 e. The van der Waals surface area contributed by atoms with Gasteiger partial charge in [-0.1, -0.05) is 6.07 Å². The van der Waals surface area contributed by atoms with E-state index >= 15 is 0 Å². The standard InChI is InChI=1S/C24H24N6OS/c1-15-8-16(2)26-24(25-15)29-12-17-10-28(11-18(17)13-29)19-5-6-30-21(9-19)20(14-31)23(27-30)22-4-3-7-32-22/h3-9,14,17-18H,10-13H2,1-2H3/t17-,18+. The Hall–Kier alpha value is -3.26. The van der Waals surface area contributed by atoms with Crippen LogP contribution in [0.3, 0.4) is 0 Å². The van der Waals surface area contributed by atoms with E-state index in [-0.39, 0.29) is 0 Å². The molecule has 0 amide bonds. The lowest BCUT2D eigenvalue weighted by atomic mass is 10.0. The number of aryl methyl sites for hydroxylation is 2. The molecule has 0 aliphatic carbocycles. The number of thiophene rings is 1. The van der Waals surface area contributed by atoms with Crippen LogP contribution < -0.4 is 9.80 Å². The second-order valence-corrected chi connectivity index (χ2v) is 9.80. The predicted octanol–water partition coefficient (Wildman–Crippen LogP) is 3.85. The minimum absolute atomic E-state index is 0.591. The summed E-state index contributed by atoms with van der Waals surface area (Å²) < 4.78 is 1.82. The SMILES string of the molecule is Cc1cc(C)nc(N2C[C@H]3CN(c4ccn5nc(-c6cccs6)c(C=O)c5c4)C[C@H]3C2)n1. The molecule has 0 radical (unpaired) electrons. The first-order valence-corrected chi connectivity index (χ1v) is 11.8. The first-order valence-electron chi connectivity index (χ1n) is 10.9. The number of carbonyl (C=O) groups excluding carboxylic acids is 1. The van der Waals surface area contributed by atoms with Crippen molar-refractivity contribution in [3.8, 4) is 10.6 Å². The molecule has 0 spiro atoms. The highest BCUT2D eigenvalue weighted by atomic mass is 32.1. The Morgan fingerprint density at radius 2 is 1.72 bits per heavy atom. The summed E-state index contributed by atoms with van der Waals surface area (Å²) in [5.74, 6) is 2.04. The van der Waals surface area contributed by atoms with Crippen molar-refractivity contribution in [3.05, 3.63) is 58.9 Å². The van der Waals surface area contributed by atoms with Gasteiger partial charge in [-0.2, -0.15) is 5.10 Å². The summed E-state index contributed by atoms with van der Waals surface area (Å²) in [5.41, 5.74) is 5.48. The van der Waals surface area contributed by atoms with Crippen LogP contribution >= 0.6 is 11.3 Å². The first-order chi connectivity index (χ1) is 15.6.